The number of aromatic amines is 1. The molecule has 0 radical (unpaired) electrons. The van der Waals surface area contributed by atoms with E-state index in [1.54, 1.807) is 12.3 Å². The average Bonchev–Trinajstić information content (AvgIpc) is 2.82. The summed E-state index contributed by atoms with van der Waals surface area (Å²) >= 11 is 0. The molecule has 2 rings (SSSR count). The highest BCUT2D eigenvalue weighted by atomic mass is 19.1. The molecule has 6 heteroatoms. The number of ether oxygens (including phenoxy) is 1. The van der Waals surface area contributed by atoms with Gasteiger partial charge in [-0.25, -0.2) is 4.39 Å². The molecule has 20 heavy (non-hydrogen) atoms. The Hall–Kier alpha value is -2.63. The van der Waals surface area contributed by atoms with Gasteiger partial charge in [0.05, 0.1) is 13.3 Å². The molecule has 0 fully saturated rings. The summed E-state index contributed by atoms with van der Waals surface area (Å²) in [5.74, 6) is -0.0895. The maximum absolute atomic E-state index is 13.5. The Labute approximate surface area is 115 Å². The van der Waals surface area contributed by atoms with Crippen LogP contribution in [0.1, 0.15) is 11.1 Å². The van der Waals surface area contributed by atoms with E-state index in [0.717, 1.165) is 5.56 Å². The minimum atomic E-state index is -0.473. The van der Waals surface area contributed by atoms with Crippen molar-refractivity contribution in [3.63, 3.8) is 0 Å². The molecule has 2 N–H and O–H groups in total. The van der Waals surface area contributed by atoms with Crippen LogP contribution in [0.4, 0.5) is 10.2 Å². The first-order chi connectivity index (χ1) is 9.60. The Bertz CT molecular complexity index is 650. The van der Waals surface area contributed by atoms with E-state index >= 15 is 0 Å². The largest absolute Gasteiger partial charge is 0.494 e. The van der Waals surface area contributed by atoms with Crippen molar-refractivity contribution in [2.24, 2.45) is 0 Å². The van der Waals surface area contributed by atoms with Gasteiger partial charge in [0.1, 0.15) is 5.82 Å². The number of methoxy groups -OCH3 is 1. The third kappa shape index (κ3) is 3.23. The van der Waals surface area contributed by atoms with Gasteiger partial charge in [0.25, 0.3) is 0 Å². The average molecular weight is 275 g/mol. The van der Waals surface area contributed by atoms with Crippen LogP contribution in [-0.4, -0.2) is 23.2 Å². The fraction of sp³-hybridized carbons (Fsp3) is 0.143. The number of hydrogen-bond acceptors (Lipinski definition) is 3. The van der Waals surface area contributed by atoms with Crippen molar-refractivity contribution in [1.82, 2.24) is 10.2 Å². The van der Waals surface area contributed by atoms with E-state index in [9.17, 15) is 9.18 Å². The monoisotopic (exact) mass is 275 g/mol. The predicted octanol–water partition coefficient (Wildman–Crippen LogP) is 2.52. The number of aryl methyl sites for hydroxylation is 1. The first-order valence-electron chi connectivity index (χ1n) is 5.92. The fourth-order valence-corrected chi connectivity index (χ4v) is 1.60. The molecule has 0 atom stereocenters. The van der Waals surface area contributed by atoms with Crippen molar-refractivity contribution in [2.45, 2.75) is 6.92 Å². The number of aromatic nitrogens is 2. The van der Waals surface area contributed by atoms with E-state index in [-0.39, 0.29) is 11.7 Å². The first-order valence-corrected chi connectivity index (χ1v) is 5.92. The minimum Gasteiger partial charge on any atom is -0.494 e. The number of anilines is 1. The minimum absolute atomic E-state index is 0.166. The Morgan fingerprint density at radius 3 is 2.90 bits per heavy atom. The highest BCUT2D eigenvalue weighted by Gasteiger charge is 2.04. The molecular formula is C14H14FN3O2. The number of nitrogens with one attached hydrogen (secondary N) is 2. The van der Waals surface area contributed by atoms with Crippen LogP contribution < -0.4 is 10.1 Å². The number of nitrogens with zero attached hydrogens (tertiary/aromatic N) is 1. The molecule has 1 amide bonds. The summed E-state index contributed by atoms with van der Waals surface area (Å²) < 4.78 is 18.3. The van der Waals surface area contributed by atoms with Crippen LogP contribution in [0.15, 0.2) is 30.5 Å². The molecular weight excluding hydrogens is 261 g/mol. The number of benzene rings is 1. The van der Waals surface area contributed by atoms with Crippen LogP contribution in [0.2, 0.25) is 0 Å². The van der Waals surface area contributed by atoms with Gasteiger partial charge in [-0.15, -0.1) is 0 Å². The zero-order valence-corrected chi connectivity index (χ0v) is 11.1. The highest BCUT2D eigenvalue weighted by molar-refractivity contribution is 6.01. The van der Waals surface area contributed by atoms with Crippen LogP contribution >= 0.6 is 0 Å². The molecule has 5 nitrogen and oxygen atoms in total. The number of carbonyl (C=O) groups is 1. The molecule has 1 aromatic heterocycles. The Balaban J connectivity index is 2.04. The highest BCUT2D eigenvalue weighted by Crippen LogP contribution is 2.18. The molecule has 104 valence electrons. The summed E-state index contributed by atoms with van der Waals surface area (Å²) in [6.45, 7) is 1.82. The zero-order chi connectivity index (χ0) is 14.5. The third-order valence-corrected chi connectivity index (χ3v) is 2.68. The first kappa shape index (κ1) is 13.8. The lowest BCUT2D eigenvalue weighted by Crippen LogP contribution is -2.08. The summed E-state index contributed by atoms with van der Waals surface area (Å²) in [7, 11) is 1.40. The number of amides is 1. The van der Waals surface area contributed by atoms with E-state index in [4.69, 9.17) is 4.74 Å². The van der Waals surface area contributed by atoms with Gasteiger partial charge in [0, 0.05) is 11.6 Å². The second-order valence-corrected chi connectivity index (χ2v) is 4.14. The van der Waals surface area contributed by atoms with E-state index in [2.05, 4.69) is 15.5 Å². The lowest BCUT2D eigenvalue weighted by atomic mass is 10.2. The number of rotatable bonds is 4. The predicted molar refractivity (Wildman–Crippen MR) is 73.9 cm³/mol. The Morgan fingerprint density at radius 2 is 2.30 bits per heavy atom. The standard InChI is InChI=1S/C14H14FN3O2/c1-9-8-16-18-14(9)17-13(19)6-4-10-3-5-12(20-2)11(15)7-10/h3-8H,1-2H3,(H2,16,17,18,19)/b6-4+. The zero-order valence-electron chi connectivity index (χ0n) is 11.1. The van der Waals surface area contributed by atoms with Crippen molar-refractivity contribution in [1.29, 1.82) is 0 Å². The summed E-state index contributed by atoms with van der Waals surface area (Å²) in [6.07, 6.45) is 4.45. The van der Waals surface area contributed by atoms with Crippen LogP contribution in [0, 0.1) is 12.7 Å². The SMILES string of the molecule is COc1ccc(/C=C/C(=O)Nc2[nH]ncc2C)cc1F. The Kier molecular flexibility index (Phi) is 4.14. The van der Waals surface area contributed by atoms with Gasteiger partial charge >= 0.3 is 0 Å². The van der Waals surface area contributed by atoms with Crippen LogP contribution in [-0.2, 0) is 4.79 Å². The fourth-order valence-electron chi connectivity index (χ4n) is 1.60. The number of halogens is 1. The van der Waals surface area contributed by atoms with Crippen LogP contribution in [0.3, 0.4) is 0 Å². The third-order valence-electron chi connectivity index (χ3n) is 2.68. The van der Waals surface area contributed by atoms with Gasteiger partial charge in [-0.05, 0) is 30.7 Å². The van der Waals surface area contributed by atoms with E-state index < -0.39 is 5.82 Å². The quantitative estimate of drug-likeness (QED) is 0.842. The summed E-state index contributed by atoms with van der Waals surface area (Å²) in [5.41, 5.74) is 1.40. The van der Waals surface area contributed by atoms with E-state index in [1.165, 1.54) is 31.4 Å². The summed E-state index contributed by atoms with van der Waals surface area (Å²) in [5, 5.41) is 9.10. The van der Waals surface area contributed by atoms with Crippen molar-refractivity contribution in [3.8, 4) is 5.75 Å². The van der Waals surface area contributed by atoms with Gasteiger partial charge in [-0.3, -0.25) is 9.89 Å². The van der Waals surface area contributed by atoms with Crippen LogP contribution in [0.5, 0.6) is 5.75 Å². The van der Waals surface area contributed by atoms with E-state index in [1.807, 2.05) is 6.92 Å². The molecule has 0 saturated heterocycles. The topological polar surface area (TPSA) is 67.0 Å². The van der Waals surface area contributed by atoms with E-state index in [0.29, 0.717) is 11.4 Å². The molecule has 2 aromatic rings. The maximum Gasteiger partial charge on any atom is 0.249 e. The number of H-pyrrole nitrogens is 1. The summed E-state index contributed by atoms with van der Waals surface area (Å²) in [6, 6.07) is 4.46. The molecule has 0 spiro atoms. The molecule has 1 heterocycles. The molecule has 0 aliphatic heterocycles. The lowest BCUT2D eigenvalue weighted by Gasteiger charge is -2.02. The maximum atomic E-state index is 13.5. The van der Waals surface area contributed by atoms with Crippen molar-refractivity contribution < 1.29 is 13.9 Å². The van der Waals surface area contributed by atoms with Gasteiger partial charge in [-0.1, -0.05) is 6.07 Å². The molecule has 1 aromatic carbocycles. The van der Waals surface area contributed by atoms with Gasteiger partial charge < -0.3 is 10.1 Å². The van der Waals surface area contributed by atoms with Crippen molar-refractivity contribution in [3.05, 3.63) is 47.4 Å². The number of carbonyl (C=O) groups excluding carboxylic acids is 1. The van der Waals surface area contributed by atoms with Crippen LogP contribution in [0.25, 0.3) is 6.08 Å². The second-order valence-electron chi connectivity index (χ2n) is 4.14. The molecule has 0 aliphatic rings. The van der Waals surface area contributed by atoms with Gasteiger partial charge in [-0.2, -0.15) is 5.10 Å². The molecule has 0 bridgehead atoms. The van der Waals surface area contributed by atoms with Crippen molar-refractivity contribution in [2.75, 3.05) is 12.4 Å². The smallest absolute Gasteiger partial charge is 0.249 e. The molecule has 0 unspecified atom stereocenters. The summed E-state index contributed by atoms with van der Waals surface area (Å²) in [4.78, 5) is 11.7. The second kappa shape index (κ2) is 6.01. The van der Waals surface area contributed by atoms with Gasteiger partial charge in [0.15, 0.2) is 11.6 Å². The van der Waals surface area contributed by atoms with Gasteiger partial charge in [0.2, 0.25) is 5.91 Å². The molecule has 0 aliphatic carbocycles. The Morgan fingerprint density at radius 1 is 1.50 bits per heavy atom. The lowest BCUT2D eigenvalue weighted by molar-refractivity contribution is -0.111. The molecule has 0 saturated carbocycles. The van der Waals surface area contributed by atoms with Crippen molar-refractivity contribution >= 4 is 17.8 Å². The normalized spacial score (nSPS) is 10.8. The number of hydrogen-bond donors (Lipinski definition) is 2.